The lowest BCUT2D eigenvalue weighted by molar-refractivity contribution is 0.0817. The molecule has 1 aromatic heterocycles. The van der Waals surface area contributed by atoms with Gasteiger partial charge in [-0.2, -0.15) is 4.98 Å². The van der Waals surface area contributed by atoms with Gasteiger partial charge in [-0.05, 0) is 62.5 Å². The smallest absolute Gasteiger partial charge is 0.256 e. The Hall–Kier alpha value is -3.56. The predicted molar refractivity (Wildman–Crippen MR) is 159 cm³/mol. The zero-order valence-electron chi connectivity index (χ0n) is 23.1. The minimum atomic E-state index is -0.0258. The number of carbonyl (C=O) groups is 1. The van der Waals surface area contributed by atoms with Crippen molar-refractivity contribution in [1.82, 2.24) is 19.8 Å². The number of hydrogen-bond acceptors (Lipinski definition) is 8. The Balaban J connectivity index is 1.15. The second-order valence-electron chi connectivity index (χ2n) is 10.8. The Kier molecular flexibility index (Phi) is 7.67. The number of carbonyl (C=O) groups excluding carboxylic acids is 1. The van der Waals surface area contributed by atoms with E-state index in [-0.39, 0.29) is 5.91 Å². The maximum Gasteiger partial charge on any atom is 0.256 e. The fourth-order valence-corrected chi connectivity index (χ4v) is 6.26. The van der Waals surface area contributed by atoms with Crippen LogP contribution in [0.1, 0.15) is 48.0 Å². The van der Waals surface area contributed by atoms with Crippen molar-refractivity contribution < 1.29 is 9.53 Å². The van der Waals surface area contributed by atoms with E-state index in [2.05, 4.69) is 42.5 Å². The zero-order valence-corrected chi connectivity index (χ0v) is 23.9. The van der Waals surface area contributed by atoms with Crippen molar-refractivity contribution in [3.05, 3.63) is 58.7 Å². The third-order valence-electron chi connectivity index (χ3n) is 8.28. The number of hydrogen-bond donors (Lipinski definition) is 2. The van der Waals surface area contributed by atoms with E-state index >= 15 is 0 Å². The third-order valence-corrected chi connectivity index (χ3v) is 8.56. The van der Waals surface area contributed by atoms with E-state index in [0.29, 0.717) is 40.6 Å². The van der Waals surface area contributed by atoms with E-state index in [4.69, 9.17) is 16.3 Å². The lowest BCUT2D eigenvalue weighted by atomic mass is 9.99. The van der Waals surface area contributed by atoms with Crippen LogP contribution < -0.4 is 20.3 Å². The van der Waals surface area contributed by atoms with Crippen molar-refractivity contribution in [3.8, 4) is 5.75 Å². The molecule has 0 bridgehead atoms. The molecular formula is C30H36ClN7O2. The molecule has 3 aliphatic rings. The van der Waals surface area contributed by atoms with E-state index in [0.717, 1.165) is 35.8 Å². The number of anilines is 5. The van der Waals surface area contributed by atoms with Crippen LogP contribution in [-0.2, 0) is 6.54 Å². The van der Waals surface area contributed by atoms with Gasteiger partial charge in [0.15, 0.2) is 5.82 Å². The van der Waals surface area contributed by atoms with Crippen LogP contribution in [0.25, 0.3) is 0 Å². The number of amides is 1. The molecule has 9 nitrogen and oxygen atoms in total. The zero-order chi connectivity index (χ0) is 27.6. The molecule has 6 rings (SSSR count). The van der Waals surface area contributed by atoms with Crippen molar-refractivity contribution in [2.75, 3.05) is 55.9 Å². The van der Waals surface area contributed by atoms with Crippen LogP contribution in [0.4, 0.5) is 28.8 Å². The first-order valence-electron chi connectivity index (χ1n) is 14.1. The molecule has 2 saturated heterocycles. The molecule has 2 aromatic carbocycles. The number of halogens is 1. The lowest BCUT2D eigenvalue weighted by Gasteiger charge is -2.41. The van der Waals surface area contributed by atoms with Crippen LogP contribution in [-0.4, -0.2) is 72.1 Å². The molecule has 10 heteroatoms. The molecule has 0 aliphatic carbocycles. The SMILES string of the molecule is COc1cc(N2CCC(N3CCCCC3)CC2)ccc1Nc1ncc(Cl)c(Nc2cccc3c2C(=O)N(C)C3)n1. The topological polar surface area (TPSA) is 85.9 Å². The first-order chi connectivity index (χ1) is 19.5. The molecular weight excluding hydrogens is 526 g/mol. The number of aromatic nitrogens is 2. The molecule has 0 saturated carbocycles. The average Bonchev–Trinajstić information content (AvgIpc) is 3.29. The molecule has 210 valence electrons. The van der Waals surface area contributed by atoms with Gasteiger partial charge in [-0.3, -0.25) is 4.79 Å². The van der Waals surface area contributed by atoms with Crippen LogP contribution in [0.5, 0.6) is 5.75 Å². The van der Waals surface area contributed by atoms with Crippen LogP contribution in [0, 0.1) is 0 Å². The molecule has 0 unspecified atom stereocenters. The van der Waals surface area contributed by atoms with Crippen LogP contribution in [0.3, 0.4) is 0 Å². The fourth-order valence-electron chi connectivity index (χ4n) is 6.12. The second kappa shape index (κ2) is 11.5. The van der Waals surface area contributed by atoms with Gasteiger partial charge in [-0.15, -0.1) is 0 Å². The third kappa shape index (κ3) is 5.40. The maximum absolute atomic E-state index is 12.7. The van der Waals surface area contributed by atoms with Gasteiger partial charge in [0, 0.05) is 44.5 Å². The van der Waals surface area contributed by atoms with Gasteiger partial charge in [-0.25, -0.2) is 4.98 Å². The highest BCUT2D eigenvalue weighted by Gasteiger charge is 2.28. The number of nitrogens with zero attached hydrogens (tertiary/aromatic N) is 5. The van der Waals surface area contributed by atoms with Gasteiger partial charge < -0.3 is 30.1 Å². The summed E-state index contributed by atoms with van der Waals surface area (Å²) in [6.07, 6.45) is 8.00. The van der Waals surface area contributed by atoms with Crippen molar-refractivity contribution >= 4 is 46.3 Å². The largest absolute Gasteiger partial charge is 0.494 e. The van der Waals surface area contributed by atoms with Crippen molar-refractivity contribution in [2.45, 2.75) is 44.7 Å². The molecule has 4 heterocycles. The maximum atomic E-state index is 12.7. The minimum absolute atomic E-state index is 0.0258. The van der Waals surface area contributed by atoms with Crippen LogP contribution in [0.15, 0.2) is 42.6 Å². The van der Waals surface area contributed by atoms with E-state index < -0.39 is 0 Å². The summed E-state index contributed by atoms with van der Waals surface area (Å²) < 4.78 is 5.75. The highest BCUT2D eigenvalue weighted by molar-refractivity contribution is 6.33. The van der Waals surface area contributed by atoms with Crippen molar-refractivity contribution in [2.24, 2.45) is 0 Å². The van der Waals surface area contributed by atoms with E-state index in [1.54, 1.807) is 25.3 Å². The summed E-state index contributed by atoms with van der Waals surface area (Å²) in [6, 6.07) is 12.7. The Bertz CT molecular complexity index is 1390. The predicted octanol–water partition coefficient (Wildman–Crippen LogP) is 5.67. The number of nitrogens with one attached hydrogen (secondary N) is 2. The van der Waals surface area contributed by atoms with Gasteiger partial charge in [0.25, 0.3) is 5.91 Å². The van der Waals surface area contributed by atoms with E-state index in [1.807, 2.05) is 24.3 Å². The summed E-state index contributed by atoms with van der Waals surface area (Å²) in [4.78, 5) is 28.5. The average molecular weight is 562 g/mol. The van der Waals surface area contributed by atoms with Gasteiger partial charge in [0.1, 0.15) is 10.8 Å². The standard InChI is InChI=1S/C30H36ClN7O2/c1-36-19-20-7-6-8-25(27(20)29(36)39)33-28-23(31)18-32-30(35-28)34-24-10-9-22(17-26(24)40-2)38-15-11-21(12-16-38)37-13-4-3-5-14-37/h6-10,17-18,21H,3-5,11-16,19H2,1-2H3,(H2,32,33,34,35). The van der Waals surface area contributed by atoms with E-state index in [9.17, 15) is 4.79 Å². The fraction of sp³-hybridized carbons (Fsp3) is 0.433. The molecule has 0 radical (unpaired) electrons. The van der Waals surface area contributed by atoms with Crippen molar-refractivity contribution in [3.63, 3.8) is 0 Å². The summed E-state index contributed by atoms with van der Waals surface area (Å²) in [6.45, 7) is 5.19. The van der Waals surface area contributed by atoms with Crippen molar-refractivity contribution in [1.29, 1.82) is 0 Å². The molecule has 0 spiro atoms. The number of likely N-dealkylation sites (tertiary alicyclic amines) is 1. The Morgan fingerprint density at radius 3 is 2.58 bits per heavy atom. The molecule has 3 aromatic rings. The number of ether oxygens (including phenoxy) is 1. The first-order valence-corrected chi connectivity index (χ1v) is 14.5. The molecule has 0 atom stereocenters. The highest BCUT2D eigenvalue weighted by Crippen LogP contribution is 2.35. The molecule has 1 amide bonds. The summed E-state index contributed by atoms with van der Waals surface area (Å²) in [5, 5.41) is 6.88. The minimum Gasteiger partial charge on any atom is -0.494 e. The summed E-state index contributed by atoms with van der Waals surface area (Å²) in [5.74, 6) is 1.49. The molecule has 40 heavy (non-hydrogen) atoms. The summed E-state index contributed by atoms with van der Waals surface area (Å²) in [5.41, 5.74) is 4.21. The van der Waals surface area contributed by atoms with Crippen LogP contribution >= 0.6 is 11.6 Å². The first kappa shape index (κ1) is 26.7. The Morgan fingerprint density at radius 1 is 1.00 bits per heavy atom. The van der Waals surface area contributed by atoms with Gasteiger partial charge in [0.05, 0.1) is 30.2 Å². The summed E-state index contributed by atoms with van der Waals surface area (Å²) >= 11 is 6.45. The van der Waals surface area contributed by atoms with E-state index in [1.165, 1.54) is 45.2 Å². The molecule has 3 aliphatic heterocycles. The summed E-state index contributed by atoms with van der Waals surface area (Å²) in [7, 11) is 3.47. The quantitative estimate of drug-likeness (QED) is 0.382. The second-order valence-corrected chi connectivity index (χ2v) is 11.2. The highest BCUT2D eigenvalue weighted by atomic mass is 35.5. The van der Waals surface area contributed by atoms with Gasteiger partial charge in [-0.1, -0.05) is 30.2 Å². The van der Waals surface area contributed by atoms with Crippen LogP contribution in [0.2, 0.25) is 5.02 Å². The Labute approximate surface area is 240 Å². The number of methoxy groups -OCH3 is 1. The number of fused-ring (bicyclic) bond motifs is 1. The molecule has 2 fully saturated rings. The van der Waals surface area contributed by atoms with Gasteiger partial charge >= 0.3 is 0 Å². The lowest BCUT2D eigenvalue weighted by Crippen LogP contribution is -2.46. The number of piperidine rings is 2. The van der Waals surface area contributed by atoms with Gasteiger partial charge in [0.2, 0.25) is 5.95 Å². The Morgan fingerprint density at radius 2 is 1.80 bits per heavy atom. The number of benzene rings is 2. The normalized spacial score (nSPS) is 18.1. The number of rotatable bonds is 7. The molecule has 2 N–H and O–H groups in total. The monoisotopic (exact) mass is 561 g/mol.